The molecule has 2 aliphatic heterocycles. The van der Waals surface area contributed by atoms with Crippen LogP contribution in [0.5, 0.6) is 5.75 Å². The van der Waals surface area contributed by atoms with Crippen molar-refractivity contribution in [2.24, 2.45) is 0 Å². The third kappa shape index (κ3) is 4.24. The number of rotatable bonds is 5. The maximum atomic E-state index is 12.5. The van der Waals surface area contributed by atoms with Crippen LogP contribution in [0.15, 0.2) is 24.3 Å². The van der Waals surface area contributed by atoms with Gasteiger partial charge in [-0.3, -0.25) is 4.79 Å². The van der Waals surface area contributed by atoms with Crippen LogP contribution < -0.4 is 10.1 Å². The van der Waals surface area contributed by atoms with E-state index in [-0.39, 0.29) is 18.0 Å². The molecule has 0 bridgehead atoms. The predicted octanol–water partition coefficient (Wildman–Crippen LogP) is 2.03. The van der Waals surface area contributed by atoms with Crippen molar-refractivity contribution in [2.45, 2.75) is 38.1 Å². The van der Waals surface area contributed by atoms with E-state index in [1.165, 1.54) is 0 Å². The first-order valence-corrected chi connectivity index (χ1v) is 9.13. The zero-order valence-electron chi connectivity index (χ0n) is 14.9. The number of ether oxygens (including phenoxy) is 1. The highest BCUT2D eigenvalue weighted by Gasteiger charge is 2.32. The fourth-order valence-electron chi connectivity index (χ4n) is 3.77. The quantitative estimate of drug-likeness (QED) is 0.888. The molecule has 2 aliphatic rings. The van der Waals surface area contributed by atoms with Gasteiger partial charge in [0.25, 0.3) is 0 Å². The van der Waals surface area contributed by atoms with Gasteiger partial charge in [-0.05, 0) is 37.3 Å². The number of urea groups is 1. The number of piperidine rings is 1. The summed E-state index contributed by atoms with van der Waals surface area (Å²) in [4.78, 5) is 28.2. The van der Waals surface area contributed by atoms with Gasteiger partial charge in [0, 0.05) is 38.6 Å². The van der Waals surface area contributed by atoms with Gasteiger partial charge < -0.3 is 19.9 Å². The monoisotopic (exact) mass is 345 g/mol. The molecule has 136 valence electrons. The lowest BCUT2D eigenvalue weighted by Gasteiger charge is -2.37. The van der Waals surface area contributed by atoms with Crippen LogP contribution in [0.1, 0.15) is 31.2 Å². The van der Waals surface area contributed by atoms with Crippen LogP contribution in [0, 0.1) is 0 Å². The highest BCUT2D eigenvalue weighted by atomic mass is 16.5. The first-order chi connectivity index (χ1) is 12.2. The van der Waals surface area contributed by atoms with E-state index in [2.05, 4.69) is 5.32 Å². The number of methoxy groups -OCH3 is 1. The van der Waals surface area contributed by atoms with E-state index < -0.39 is 0 Å². The molecule has 25 heavy (non-hydrogen) atoms. The maximum absolute atomic E-state index is 12.5. The zero-order chi connectivity index (χ0) is 17.6. The number of amides is 3. The summed E-state index contributed by atoms with van der Waals surface area (Å²) in [6.45, 7) is 2.82. The van der Waals surface area contributed by atoms with Crippen LogP contribution in [-0.4, -0.2) is 61.1 Å². The lowest BCUT2D eigenvalue weighted by molar-refractivity contribution is -0.130. The molecule has 0 unspecified atom stereocenters. The molecule has 2 heterocycles. The normalized spacial score (nSPS) is 20.7. The molecule has 6 nitrogen and oxygen atoms in total. The summed E-state index contributed by atoms with van der Waals surface area (Å²) in [5.74, 6) is 1.09. The average molecular weight is 345 g/mol. The Labute approximate surface area is 149 Å². The highest BCUT2D eigenvalue weighted by molar-refractivity contribution is 5.79. The molecule has 1 atom stereocenters. The first kappa shape index (κ1) is 17.6. The van der Waals surface area contributed by atoms with E-state index in [1.54, 1.807) is 7.11 Å². The lowest BCUT2D eigenvalue weighted by atomic mass is 10.0. The molecular weight excluding hydrogens is 318 g/mol. The number of carbonyl (C=O) groups excluding carboxylic acids is 2. The molecule has 0 radical (unpaired) electrons. The molecule has 0 saturated carbocycles. The number of hydrogen-bond donors (Lipinski definition) is 1. The highest BCUT2D eigenvalue weighted by Crippen LogP contribution is 2.21. The third-order valence-corrected chi connectivity index (χ3v) is 5.10. The van der Waals surface area contributed by atoms with Gasteiger partial charge in [0.05, 0.1) is 7.11 Å². The summed E-state index contributed by atoms with van der Waals surface area (Å²) in [6.07, 6.45) is 4.28. The minimum Gasteiger partial charge on any atom is -0.496 e. The van der Waals surface area contributed by atoms with Crippen molar-refractivity contribution in [2.75, 3.05) is 33.3 Å². The summed E-state index contributed by atoms with van der Waals surface area (Å²) >= 11 is 0. The number of benzene rings is 1. The fourth-order valence-corrected chi connectivity index (χ4v) is 3.77. The minimum atomic E-state index is -0.0359. The molecule has 1 N–H and O–H groups in total. The van der Waals surface area contributed by atoms with E-state index >= 15 is 0 Å². The summed E-state index contributed by atoms with van der Waals surface area (Å²) < 4.78 is 5.34. The maximum Gasteiger partial charge on any atom is 0.317 e. The van der Waals surface area contributed by atoms with Crippen LogP contribution in [0.4, 0.5) is 4.79 Å². The Morgan fingerprint density at radius 3 is 2.88 bits per heavy atom. The van der Waals surface area contributed by atoms with Gasteiger partial charge in [-0.1, -0.05) is 18.2 Å². The summed E-state index contributed by atoms with van der Waals surface area (Å²) in [5, 5.41) is 3.00. The Kier molecular flexibility index (Phi) is 5.79. The number of nitrogens with one attached hydrogen (secondary N) is 1. The van der Waals surface area contributed by atoms with E-state index in [0.29, 0.717) is 19.5 Å². The predicted molar refractivity (Wildman–Crippen MR) is 95.6 cm³/mol. The van der Waals surface area contributed by atoms with Gasteiger partial charge in [-0.25, -0.2) is 4.79 Å². The van der Waals surface area contributed by atoms with Crippen molar-refractivity contribution >= 4 is 11.9 Å². The molecule has 2 saturated heterocycles. The zero-order valence-corrected chi connectivity index (χ0v) is 14.9. The molecule has 1 aromatic carbocycles. The van der Waals surface area contributed by atoms with E-state index in [1.807, 2.05) is 34.1 Å². The van der Waals surface area contributed by atoms with Crippen LogP contribution in [0.2, 0.25) is 0 Å². The lowest BCUT2D eigenvalue weighted by Crippen LogP contribution is -2.52. The van der Waals surface area contributed by atoms with E-state index in [4.69, 9.17) is 4.74 Å². The molecule has 0 spiro atoms. The molecule has 2 fully saturated rings. The molecule has 3 rings (SSSR count). The standard InChI is InChI=1S/C19H27N3O3/c1-25-17-8-3-2-6-15(17)10-11-20-19(24)21-12-4-7-16(14-21)22-13-5-9-18(22)23/h2-3,6,8,16H,4-5,7,9-14H2,1H3,(H,20,24)/t16-/m0/s1. The Balaban J connectivity index is 1.48. The number of nitrogens with zero attached hydrogens (tertiary/aromatic N) is 2. The SMILES string of the molecule is COc1ccccc1CCNC(=O)N1CCC[C@H](N2CCCC2=O)C1. The fraction of sp³-hybridized carbons (Fsp3) is 0.579. The van der Waals surface area contributed by atoms with E-state index in [9.17, 15) is 9.59 Å². The second-order valence-electron chi connectivity index (χ2n) is 6.73. The van der Waals surface area contributed by atoms with Crippen molar-refractivity contribution in [3.05, 3.63) is 29.8 Å². The number of para-hydroxylation sites is 1. The van der Waals surface area contributed by atoms with Crippen LogP contribution in [0.25, 0.3) is 0 Å². The molecule has 0 aliphatic carbocycles. The Morgan fingerprint density at radius 2 is 2.12 bits per heavy atom. The molecular formula is C19H27N3O3. The summed E-state index contributed by atoms with van der Waals surface area (Å²) in [7, 11) is 1.66. The van der Waals surface area contributed by atoms with Gasteiger partial charge in [0.15, 0.2) is 0 Å². The van der Waals surface area contributed by atoms with Crippen LogP contribution in [0.3, 0.4) is 0 Å². The van der Waals surface area contributed by atoms with Crippen LogP contribution >= 0.6 is 0 Å². The van der Waals surface area contributed by atoms with Gasteiger partial charge in [-0.15, -0.1) is 0 Å². The van der Waals surface area contributed by atoms with Crippen molar-refractivity contribution in [1.29, 1.82) is 0 Å². The second-order valence-corrected chi connectivity index (χ2v) is 6.73. The Hall–Kier alpha value is -2.24. The topological polar surface area (TPSA) is 61.9 Å². The van der Waals surface area contributed by atoms with E-state index in [0.717, 1.165) is 50.1 Å². The molecule has 0 aromatic heterocycles. The number of hydrogen-bond acceptors (Lipinski definition) is 3. The smallest absolute Gasteiger partial charge is 0.317 e. The van der Waals surface area contributed by atoms with Crippen molar-refractivity contribution in [3.63, 3.8) is 0 Å². The Bertz CT molecular complexity index is 620. The van der Waals surface area contributed by atoms with Crippen LogP contribution in [-0.2, 0) is 11.2 Å². The van der Waals surface area contributed by atoms with Crippen molar-refractivity contribution in [3.8, 4) is 5.75 Å². The average Bonchev–Trinajstić information content (AvgIpc) is 3.08. The van der Waals surface area contributed by atoms with Crippen molar-refractivity contribution < 1.29 is 14.3 Å². The van der Waals surface area contributed by atoms with Crippen molar-refractivity contribution in [1.82, 2.24) is 15.1 Å². The molecule has 1 aromatic rings. The van der Waals surface area contributed by atoms with Gasteiger partial charge in [0.2, 0.25) is 5.91 Å². The van der Waals surface area contributed by atoms with Gasteiger partial charge >= 0.3 is 6.03 Å². The Morgan fingerprint density at radius 1 is 1.28 bits per heavy atom. The molecule has 6 heteroatoms. The first-order valence-electron chi connectivity index (χ1n) is 9.13. The third-order valence-electron chi connectivity index (χ3n) is 5.10. The summed E-state index contributed by atoms with van der Waals surface area (Å²) in [5.41, 5.74) is 1.09. The molecule has 3 amide bonds. The second kappa shape index (κ2) is 8.23. The minimum absolute atomic E-state index is 0.0359. The largest absolute Gasteiger partial charge is 0.496 e. The van der Waals surface area contributed by atoms with Gasteiger partial charge in [-0.2, -0.15) is 0 Å². The number of likely N-dealkylation sites (tertiary alicyclic amines) is 2. The number of carbonyl (C=O) groups is 2. The summed E-state index contributed by atoms with van der Waals surface area (Å²) in [6, 6.07) is 8.01. The van der Waals surface area contributed by atoms with Gasteiger partial charge in [0.1, 0.15) is 5.75 Å².